The van der Waals surface area contributed by atoms with E-state index in [9.17, 15) is 9.18 Å². The van der Waals surface area contributed by atoms with Gasteiger partial charge in [0.2, 0.25) is 11.9 Å². The van der Waals surface area contributed by atoms with E-state index in [4.69, 9.17) is 0 Å². The first-order valence-electron chi connectivity index (χ1n) is 10.6. The monoisotopic (exact) mass is 480 g/mol. The maximum atomic E-state index is 13.4. The Kier molecular flexibility index (Phi) is 6.45. The topological polar surface area (TPSA) is 75.1 Å². The van der Waals surface area contributed by atoms with E-state index in [1.165, 1.54) is 23.5 Å². The largest absolute Gasteiger partial charge is 0.339 e. The summed E-state index contributed by atoms with van der Waals surface area (Å²) >= 11 is 3.10. The Hall–Kier alpha value is -3.11. The van der Waals surface area contributed by atoms with E-state index in [0.717, 1.165) is 39.5 Å². The summed E-state index contributed by atoms with van der Waals surface area (Å²) < 4.78 is 13.4. The number of thiophene rings is 1. The summed E-state index contributed by atoms with van der Waals surface area (Å²) in [4.78, 5) is 35.1. The van der Waals surface area contributed by atoms with Gasteiger partial charge in [0.15, 0.2) is 0 Å². The van der Waals surface area contributed by atoms with Crippen LogP contribution in [0.5, 0.6) is 0 Å². The van der Waals surface area contributed by atoms with Gasteiger partial charge < -0.3 is 9.80 Å². The second-order valence-corrected chi connectivity index (χ2v) is 9.47. The van der Waals surface area contributed by atoms with Crippen LogP contribution < -0.4 is 4.90 Å². The summed E-state index contributed by atoms with van der Waals surface area (Å²) in [5, 5.41) is 3.83. The number of carbonyl (C=O) groups excluding carboxylic acids is 1. The number of aromatic nitrogens is 4. The highest BCUT2D eigenvalue weighted by Gasteiger charge is 2.22. The third kappa shape index (κ3) is 4.81. The van der Waals surface area contributed by atoms with Crippen LogP contribution in [-0.4, -0.2) is 62.7 Å². The molecule has 4 aromatic rings. The van der Waals surface area contributed by atoms with Gasteiger partial charge in [-0.1, -0.05) is 12.1 Å². The highest BCUT2D eigenvalue weighted by Crippen LogP contribution is 2.38. The number of benzene rings is 1. The molecule has 1 amide bonds. The number of piperazine rings is 1. The maximum absolute atomic E-state index is 13.4. The second kappa shape index (κ2) is 9.80. The van der Waals surface area contributed by atoms with Crippen molar-refractivity contribution in [1.29, 1.82) is 0 Å². The fourth-order valence-electron chi connectivity index (χ4n) is 3.80. The van der Waals surface area contributed by atoms with Crippen LogP contribution >= 0.6 is 23.1 Å². The van der Waals surface area contributed by atoms with Gasteiger partial charge in [-0.25, -0.2) is 24.3 Å². The van der Waals surface area contributed by atoms with Crippen LogP contribution in [0.2, 0.25) is 0 Å². The third-order valence-electron chi connectivity index (χ3n) is 5.51. The van der Waals surface area contributed by atoms with Crippen molar-refractivity contribution in [2.24, 2.45) is 0 Å². The molecule has 1 fully saturated rings. The third-order valence-corrected chi connectivity index (χ3v) is 7.39. The Morgan fingerprint density at radius 3 is 2.55 bits per heavy atom. The highest BCUT2D eigenvalue weighted by atomic mass is 32.2. The lowest BCUT2D eigenvalue weighted by Gasteiger charge is -2.34. The molecule has 3 aromatic heterocycles. The van der Waals surface area contributed by atoms with Crippen molar-refractivity contribution in [1.82, 2.24) is 24.8 Å². The fraction of sp³-hybridized carbons (Fsp3) is 0.261. The number of amides is 1. The van der Waals surface area contributed by atoms with Gasteiger partial charge in [-0.2, -0.15) is 0 Å². The molecule has 0 atom stereocenters. The summed E-state index contributed by atoms with van der Waals surface area (Å²) in [5.41, 5.74) is 1.92. The van der Waals surface area contributed by atoms with Crippen LogP contribution in [0.1, 0.15) is 6.42 Å². The molecule has 0 radical (unpaired) electrons. The maximum Gasteiger partial charge on any atom is 0.225 e. The van der Waals surface area contributed by atoms with Gasteiger partial charge in [0.1, 0.15) is 22.0 Å². The number of hydrogen-bond acceptors (Lipinski definition) is 8. The van der Waals surface area contributed by atoms with E-state index in [2.05, 4.69) is 24.8 Å². The Balaban J connectivity index is 1.21. The van der Waals surface area contributed by atoms with Crippen LogP contribution in [0.4, 0.5) is 10.3 Å². The molecule has 1 aromatic carbocycles. The van der Waals surface area contributed by atoms with E-state index in [1.807, 2.05) is 10.3 Å². The number of hydrogen-bond donors (Lipinski definition) is 0. The Labute approximate surface area is 198 Å². The molecular formula is C23H21FN6OS2. The Morgan fingerprint density at radius 2 is 1.79 bits per heavy atom. The second-order valence-electron chi connectivity index (χ2n) is 7.53. The SMILES string of the molecule is O=C(CCSc1ncnc2scc(-c3ccc(F)cc3)c12)N1CCN(c2ncccn2)CC1. The van der Waals surface area contributed by atoms with E-state index in [1.54, 1.807) is 48.7 Å². The lowest BCUT2D eigenvalue weighted by atomic mass is 10.1. The van der Waals surface area contributed by atoms with E-state index >= 15 is 0 Å². The van der Waals surface area contributed by atoms with E-state index in [-0.39, 0.29) is 11.7 Å². The minimum Gasteiger partial charge on any atom is -0.339 e. The quantitative estimate of drug-likeness (QED) is 0.304. The smallest absolute Gasteiger partial charge is 0.225 e. The van der Waals surface area contributed by atoms with Crippen LogP contribution in [0.15, 0.2) is 59.5 Å². The fourth-order valence-corrected chi connectivity index (χ4v) is 5.73. The summed E-state index contributed by atoms with van der Waals surface area (Å²) in [6.45, 7) is 2.79. The van der Waals surface area contributed by atoms with Gasteiger partial charge in [-0.05, 0) is 23.8 Å². The molecule has 0 N–H and O–H groups in total. The predicted octanol–water partition coefficient (Wildman–Crippen LogP) is 4.12. The molecule has 7 nitrogen and oxygen atoms in total. The molecule has 1 aliphatic rings. The minimum absolute atomic E-state index is 0.144. The Bertz CT molecular complexity index is 1240. The molecule has 168 valence electrons. The molecule has 0 bridgehead atoms. The predicted molar refractivity (Wildman–Crippen MR) is 129 cm³/mol. The van der Waals surface area contributed by atoms with Gasteiger partial charge in [0.05, 0.1) is 5.39 Å². The molecule has 5 rings (SSSR count). The number of halogens is 1. The molecule has 0 spiro atoms. The lowest BCUT2D eigenvalue weighted by molar-refractivity contribution is -0.131. The molecule has 10 heteroatoms. The van der Waals surface area contributed by atoms with Crippen molar-refractivity contribution >= 4 is 45.2 Å². The van der Waals surface area contributed by atoms with Gasteiger partial charge in [-0.15, -0.1) is 23.1 Å². The summed E-state index contributed by atoms with van der Waals surface area (Å²) in [5.74, 6) is 1.22. The van der Waals surface area contributed by atoms with Gasteiger partial charge in [-0.3, -0.25) is 4.79 Å². The van der Waals surface area contributed by atoms with Crippen molar-refractivity contribution in [2.75, 3.05) is 36.8 Å². The number of carbonyl (C=O) groups is 1. The molecular weight excluding hydrogens is 459 g/mol. The number of nitrogens with zero attached hydrogens (tertiary/aromatic N) is 6. The first kappa shape index (κ1) is 21.7. The Morgan fingerprint density at radius 1 is 1.03 bits per heavy atom. The molecule has 1 aliphatic heterocycles. The van der Waals surface area contributed by atoms with Gasteiger partial charge in [0, 0.05) is 61.7 Å². The molecule has 0 aliphatic carbocycles. The first-order valence-corrected chi connectivity index (χ1v) is 12.5. The zero-order valence-corrected chi connectivity index (χ0v) is 19.4. The standard InChI is InChI=1S/C23H21FN6OS2/c24-17-4-2-16(3-5-17)18-14-33-22-20(18)21(27-15-28-22)32-13-6-19(31)29-9-11-30(12-10-29)23-25-7-1-8-26-23/h1-5,7-8,14-15H,6,9-13H2. The molecule has 33 heavy (non-hydrogen) atoms. The zero-order valence-electron chi connectivity index (χ0n) is 17.7. The lowest BCUT2D eigenvalue weighted by Crippen LogP contribution is -2.49. The van der Waals surface area contributed by atoms with Gasteiger partial charge in [0.25, 0.3) is 0 Å². The zero-order chi connectivity index (χ0) is 22.6. The average molecular weight is 481 g/mol. The van der Waals surface area contributed by atoms with E-state index in [0.29, 0.717) is 31.2 Å². The van der Waals surface area contributed by atoms with Crippen molar-refractivity contribution in [3.63, 3.8) is 0 Å². The normalized spacial score (nSPS) is 14.1. The van der Waals surface area contributed by atoms with Crippen molar-refractivity contribution in [2.45, 2.75) is 11.4 Å². The van der Waals surface area contributed by atoms with Crippen LogP contribution in [0.25, 0.3) is 21.3 Å². The van der Waals surface area contributed by atoms with Crippen molar-refractivity contribution in [3.8, 4) is 11.1 Å². The molecule has 1 saturated heterocycles. The van der Waals surface area contributed by atoms with Crippen molar-refractivity contribution < 1.29 is 9.18 Å². The number of rotatable bonds is 6. The van der Waals surface area contributed by atoms with Gasteiger partial charge >= 0.3 is 0 Å². The highest BCUT2D eigenvalue weighted by molar-refractivity contribution is 7.99. The minimum atomic E-state index is -0.264. The van der Waals surface area contributed by atoms with Crippen LogP contribution in [0.3, 0.4) is 0 Å². The average Bonchev–Trinajstić information content (AvgIpc) is 3.30. The molecule has 4 heterocycles. The molecule has 0 unspecified atom stereocenters. The molecule has 0 saturated carbocycles. The van der Waals surface area contributed by atoms with Crippen LogP contribution in [-0.2, 0) is 4.79 Å². The summed E-state index contributed by atoms with van der Waals surface area (Å²) in [6, 6.07) is 8.24. The summed E-state index contributed by atoms with van der Waals surface area (Å²) in [7, 11) is 0. The number of fused-ring (bicyclic) bond motifs is 1. The number of thioether (sulfide) groups is 1. The van der Waals surface area contributed by atoms with Crippen molar-refractivity contribution in [3.05, 3.63) is 60.3 Å². The first-order chi connectivity index (χ1) is 16.2. The van der Waals surface area contributed by atoms with E-state index < -0.39 is 0 Å². The summed E-state index contributed by atoms with van der Waals surface area (Å²) in [6.07, 6.45) is 5.46. The number of anilines is 1. The van der Waals surface area contributed by atoms with Crippen LogP contribution in [0, 0.1) is 5.82 Å².